The van der Waals surface area contributed by atoms with Crippen molar-refractivity contribution in [2.24, 2.45) is 0 Å². The van der Waals surface area contributed by atoms with Crippen LogP contribution in [0.25, 0.3) is 11.3 Å². The molecular weight excluding hydrogens is 372 g/mol. The summed E-state index contributed by atoms with van der Waals surface area (Å²) in [5.41, 5.74) is 4.22. The lowest BCUT2D eigenvalue weighted by atomic mass is 10.1. The zero-order chi connectivity index (χ0) is 20.1. The number of hydrogen-bond donors (Lipinski definition) is 3. The first-order chi connectivity index (χ1) is 13.4. The summed E-state index contributed by atoms with van der Waals surface area (Å²) in [4.78, 5) is 27.9. The van der Waals surface area contributed by atoms with Gasteiger partial charge in [-0.3, -0.25) is 9.59 Å². The zero-order valence-corrected chi connectivity index (χ0v) is 16.8. The van der Waals surface area contributed by atoms with Gasteiger partial charge in [-0.25, -0.2) is 4.98 Å². The molecule has 1 unspecified atom stereocenters. The van der Waals surface area contributed by atoms with Crippen molar-refractivity contribution in [3.63, 3.8) is 0 Å². The second-order valence-electron chi connectivity index (χ2n) is 6.44. The van der Waals surface area contributed by atoms with Crippen molar-refractivity contribution in [1.82, 2.24) is 4.98 Å². The monoisotopic (exact) mass is 394 g/mol. The second-order valence-corrected chi connectivity index (χ2v) is 7.51. The van der Waals surface area contributed by atoms with E-state index in [4.69, 9.17) is 0 Å². The summed E-state index contributed by atoms with van der Waals surface area (Å²) in [5.74, 6) is -0.281. The first-order valence-corrected chi connectivity index (χ1v) is 9.76. The predicted octanol–water partition coefficient (Wildman–Crippen LogP) is 4.52. The molecule has 28 heavy (non-hydrogen) atoms. The van der Waals surface area contributed by atoms with Crippen molar-refractivity contribution in [3.05, 3.63) is 58.9 Å². The van der Waals surface area contributed by atoms with Gasteiger partial charge < -0.3 is 16.0 Å². The van der Waals surface area contributed by atoms with Gasteiger partial charge in [0, 0.05) is 34.9 Å². The predicted molar refractivity (Wildman–Crippen MR) is 115 cm³/mol. The number of nitrogens with one attached hydrogen (secondary N) is 3. The smallest absolute Gasteiger partial charge is 0.246 e. The van der Waals surface area contributed by atoms with E-state index in [0.29, 0.717) is 11.4 Å². The summed E-state index contributed by atoms with van der Waals surface area (Å²) in [5, 5.41) is 11.8. The van der Waals surface area contributed by atoms with Crippen LogP contribution in [0.3, 0.4) is 0 Å². The lowest BCUT2D eigenvalue weighted by molar-refractivity contribution is -0.116. The van der Waals surface area contributed by atoms with Crippen molar-refractivity contribution in [1.29, 1.82) is 0 Å². The zero-order valence-electron chi connectivity index (χ0n) is 15.9. The molecule has 1 aromatic heterocycles. The van der Waals surface area contributed by atoms with Gasteiger partial charge in [-0.05, 0) is 50.2 Å². The Hall–Kier alpha value is -3.19. The highest BCUT2D eigenvalue weighted by Crippen LogP contribution is 2.23. The van der Waals surface area contributed by atoms with Crippen LogP contribution in [-0.4, -0.2) is 22.8 Å². The molecule has 3 rings (SSSR count). The number of carbonyl (C=O) groups excluding carboxylic acids is 2. The van der Waals surface area contributed by atoms with Crippen LogP contribution in [0.2, 0.25) is 0 Å². The number of carbonyl (C=O) groups is 2. The molecule has 6 nitrogen and oxygen atoms in total. The van der Waals surface area contributed by atoms with E-state index < -0.39 is 6.04 Å². The molecule has 0 aliphatic heterocycles. The Morgan fingerprint density at radius 3 is 2.04 bits per heavy atom. The molecule has 1 heterocycles. The third-order valence-corrected chi connectivity index (χ3v) is 4.82. The molecule has 1 atom stereocenters. The summed E-state index contributed by atoms with van der Waals surface area (Å²) in [6.45, 7) is 5.24. The first-order valence-electron chi connectivity index (χ1n) is 8.88. The van der Waals surface area contributed by atoms with Crippen molar-refractivity contribution < 1.29 is 9.59 Å². The highest BCUT2D eigenvalue weighted by atomic mass is 32.1. The number of benzene rings is 2. The highest BCUT2D eigenvalue weighted by Gasteiger charge is 2.13. The fourth-order valence-corrected chi connectivity index (χ4v) is 3.26. The molecule has 0 radical (unpaired) electrons. The second kappa shape index (κ2) is 8.67. The number of hydrogen-bond acceptors (Lipinski definition) is 5. The SMILES string of the molecule is CC(=O)Nc1ccc(NC(=O)C(C)Nc2ccc(-c3csc(C)n3)cc2)cc1. The van der Waals surface area contributed by atoms with E-state index in [0.717, 1.165) is 22.0 Å². The van der Waals surface area contributed by atoms with Crippen LogP contribution in [0, 0.1) is 6.92 Å². The van der Waals surface area contributed by atoms with Crippen LogP contribution in [0.4, 0.5) is 17.1 Å². The normalized spacial score (nSPS) is 11.5. The fourth-order valence-electron chi connectivity index (χ4n) is 2.64. The number of aromatic nitrogens is 1. The molecule has 0 saturated carbocycles. The van der Waals surface area contributed by atoms with Gasteiger partial charge in [0.2, 0.25) is 11.8 Å². The molecule has 0 aliphatic rings. The van der Waals surface area contributed by atoms with Gasteiger partial charge >= 0.3 is 0 Å². The standard InChI is InChI=1S/C21H22N4O2S/c1-13(21(27)25-19-10-8-18(9-11-19)23-14(2)26)22-17-6-4-16(5-7-17)20-12-28-15(3)24-20/h4-13,22H,1-3H3,(H,23,26)(H,25,27). The average molecular weight is 395 g/mol. The van der Waals surface area contributed by atoms with Crippen LogP contribution in [0.1, 0.15) is 18.9 Å². The quantitative estimate of drug-likeness (QED) is 0.574. The molecular formula is C21H22N4O2S. The van der Waals surface area contributed by atoms with Crippen LogP contribution in [0.5, 0.6) is 0 Å². The Labute approximate surface area is 168 Å². The van der Waals surface area contributed by atoms with E-state index in [1.807, 2.05) is 36.6 Å². The van der Waals surface area contributed by atoms with Crippen LogP contribution < -0.4 is 16.0 Å². The molecule has 0 aliphatic carbocycles. The van der Waals surface area contributed by atoms with Gasteiger partial charge in [0.1, 0.15) is 6.04 Å². The largest absolute Gasteiger partial charge is 0.374 e. The van der Waals surface area contributed by atoms with Crippen LogP contribution in [-0.2, 0) is 9.59 Å². The van der Waals surface area contributed by atoms with Crippen LogP contribution in [0.15, 0.2) is 53.9 Å². The summed E-state index contributed by atoms with van der Waals surface area (Å²) in [7, 11) is 0. The lowest BCUT2D eigenvalue weighted by Gasteiger charge is -2.16. The van der Waals surface area contributed by atoms with Gasteiger partial charge in [-0.1, -0.05) is 12.1 Å². The van der Waals surface area contributed by atoms with E-state index in [-0.39, 0.29) is 11.8 Å². The Kier molecular flexibility index (Phi) is 6.06. The molecule has 2 amide bonds. The summed E-state index contributed by atoms with van der Waals surface area (Å²) in [6, 6.07) is 14.4. The van der Waals surface area contributed by atoms with Crippen molar-refractivity contribution in [2.75, 3.05) is 16.0 Å². The molecule has 0 fully saturated rings. The molecule has 0 spiro atoms. The van der Waals surface area contributed by atoms with Gasteiger partial charge in [0.25, 0.3) is 0 Å². The Morgan fingerprint density at radius 1 is 0.929 bits per heavy atom. The summed E-state index contributed by atoms with van der Waals surface area (Å²) < 4.78 is 0. The van der Waals surface area contributed by atoms with E-state index in [9.17, 15) is 9.59 Å². The molecule has 144 valence electrons. The molecule has 2 aromatic carbocycles. The third-order valence-electron chi connectivity index (χ3n) is 4.05. The fraction of sp³-hybridized carbons (Fsp3) is 0.190. The molecule has 3 aromatic rings. The van der Waals surface area contributed by atoms with Crippen LogP contribution >= 0.6 is 11.3 Å². The van der Waals surface area contributed by atoms with Gasteiger partial charge in [-0.2, -0.15) is 0 Å². The van der Waals surface area contributed by atoms with Crippen molar-refractivity contribution in [3.8, 4) is 11.3 Å². The van der Waals surface area contributed by atoms with Crippen molar-refractivity contribution in [2.45, 2.75) is 26.8 Å². The average Bonchev–Trinajstić information content (AvgIpc) is 3.10. The Balaban J connectivity index is 1.57. The van der Waals surface area contributed by atoms with Gasteiger partial charge in [0.05, 0.1) is 10.7 Å². The number of amides is 2. The Morgan fingerprint density at radius 2 is 1.50 bits per heavy atom. The summed E-state index contributed by atoms with van der Waals surface area (Å²) in [6.07, 6.45) is 0. The van der Waals surface area contributed by atoms with Gasteiger partial charge in [0.15, 0.2) is 0 Å². The minimum atomic E-state index is -0.414. The van der Waals surface area contributed by atoms with Gasteiger partial charge in [-0.15, -0.1) is 11.3 Å². The maximum atomic E-state index is 12.4. The Bertz CT molecular complexity index is 965. The van der Waals surface area contributed by atoms with E-state index in [1.165, 1.54) is 6.92 Å². The minimum Gasteiger partial charge on any atom is -0.374 e. The number of nitrogens with zero attached hydrogens (tertiary/aromatic N) is 1. The molecule has 0 bridgehead atoms. The highest BCUT2D eigenvalue weighted by molar-refractivity contribution is 7.09. The topological polar surface area (TPSA) is 83.1 Å². The van der Waals surface area contributed by atoms with E-state index in [2.05, 4.69) is 20.9 Å². The number of anilines is 3. The maximum absolute atomic E-state index is 12.4. The minimum absolute atomic E-state index is 0.134. The molecule has 3 N–H and O–H groups in total. The van der Waals surface area contributed by atoms with Crippen molar-refractivity contribution >= 4 is 40.2 Å². The molecule has 0 saturated heterocycles. The third kappa shape index (κ3) is 5.17. The first kappa shape index (κ1) is 19.6. The number of aryl methyl sites for hydroxylation is 1. The lowest BCUT2D eigenvalue weighted by Crippen LogP contribution is -2.31. The van der Waals surface area contributed by atoms with E-state index >= 15 is 0 Å². The number of rotatable bonds is 6. The van der Waals surface area contributed by atoms with E-state index in [1.54, 1.807) is 42.5 Å². The summed E-state index contributed by atoms with van der Waals surface area (Å²) >= 11 is 1.62. The molecule has 7 heteroatoms. The maximum Gasteiger partial charge on any atom is 0.246 e. The number of thiazole rings is 1.